The first-order valence-corrected chi connectivity index (χ1v) is 7.95. The highest BCUT2D eigenvalue weighted by molar-refractivity contribution is 5.34. The molecule has 0 aliphatic heterocycles. The molecule has 2 aromatic carbocycles. The maximum atomic E-state index is 10.5. The molecule has 0 radical (unpaired) electrons. The van der Waals surface area contributed by atoms with Crippen molar-refractivity contribution in [1.29, 1.82) is 0 Å². The zero-order valence-electron chi connectivity index (χ0n) is 12.7. The van der Waals surface area contributed by atoms with Gasteiger partial charge in [-0.2, -0.15) is 0 Å². The van der Waals surface area contributed by atoms with E-state index >= 15 is 0 Å². The molecule has 0 saturated carbocycles. The van der Waals surface area contributed by atoms with Gasteiger partial charge in [0.05, 0.1) is 12.7 Å². The standard InChI is InChI=1S/C19H23NO2/c21-13-12-20(14-19(22)16-7-2-1-3-8-16)18-11-10-15-6-4-5-9-17(15)18/h1-9,18-19,21-22H,10-14H2/t18-,19+/m0/s1. The third-order valence-electron chi connectivity index (χ3n) is 4.52. The second-order valence-corrected chi connectivity index (χ2v) is 5.90. The van der Waals surface area contributed by atoms with Crippen molar-refractivity contribution in [2.45, 2.75) is 25.0 Å². The Bertz CT molecular complexity index is 599. The Hall–Kier alpha value is -1.68. The summed E-state index contributed by atoms with van der Waals surface area (Å²) in [6.07, 6.45) is 1.60. The molecule has 0 amide bonds. The van der Waals surface area contributed by atoms with Crippen molar-refractivity contribution in [2.75, 3.05) is 19.7 Å². The van der Waals surface area contributed by atoms with Gasteiger partial charge in [-0.25, -0.2) is 0 Å². The van der Waals surface area contributed by atoms with Crippen LogP contribution in [0.15, 0.2) is 54.6 Å². The minimum absolute atomic E-state index is 0.111. The number of hydrogen-bond acceptors (Lipinski definition) is 3. The Morgan fingerprint density at radius 1 is 1.05 bits per heavy atom. The maximum Gasteiger partial charge on any atom is 0.0917 e. The van der Waals surface area contributed by atoms with E-state index in [1.54, 1.807) is 0 Å². The van der Waals surface area contributed by atoms with Crippen LogP contribution >= 0.6 is 0 Å². The summed E-state index contributed by atoms with van der Waals surface area (Å²) < 4.78 is 0. The lowest BCUT2D eigenvalue weighted by molar-refractivity contribution is 0.0725. The monoisotopic (exact) mass is 297 g/mol. The summed E-state index contributed by atoms with van der Waals surface area (Å²) in [5, 5.41) is 19.9. The zero-order valence-corrected chi connectivity index (χ0v) is 12.7. The summed E-state index contributed by atoms with van der Waals surface area (Å²) in [5.74, 6) is 0. The molecule has 2 aromatic rings. The van der Waals surface area contributed by atoms with Crippen LogP contribution in [0, 0.1) is 0 Å². The molecule has 1 aliphatic carbocycles. The molecule has 2 atom stereocenters. The molecule has 3 nitrogen and oxygen atoms in total. The minimum atomic E-state index is -0.527. The summed E-state index contributed by atoms with van der Waals surface area (Å²) in [6.45, 7) is 1.24. The van der Waals surface area contributed by atoms with Crippen molar-refractivity contribution in [3.8, 4) is 0 Å². The normalized spacial score (nSPS) is 18.4. The summed E-state index contributed by atoms with van der Waals surface area (Å²) >= 11 is 0. The third kappa shape index (κ3) is 3.22. The fourth-order valence-electron chi connectivity index (χ4n) is 3.42. The molecular weight excluding hydrogens is 274 g/mol. The highest BCUT2D eigenvalue weighted by Gasteiger charge is 2.28. The molecule has 1 aliphatic rings. The van der Waals surface area contributed by atoms with E-state index in [9.17, 15) is 10.2 Å². The summed E-state index contributed by atoms with van der Waals surface area (Å²) in [4.78, 5) is 2.21. The van der Waals surface area contributed by atoms with Crippen LogP contribution < -0.4 is 0 Å². The first-order valence-electron chi connectivity index (χ1n) is 7.95. The van der Waals surface area contributed by atoms with Gasteiger partial charge >= 0.3 is 0 Å². The lowest BCUT2D eigenvalue weighted by Gasteiger charge is -2.31. The van der Waals surface area contributed by atoms with Gasteiger partial charge in [-0.1, -0.05) is 54.6 Å². The molecule has 0 heterocycles. The lowest BCUT2D eigenvalue weighted by Crippen LogP contribution is -2.34. The summed E-state index contributed by atoms with van der Waals surface area (Å²) in [5.41, 5.74) is 3.66. The number of nitrogens with zero attached hydrogens (tertiary/aromatic N) is 1. The molecule has 0 aromatic heterocycles. The SMILES string of the molecule is OCCN(C[C@@H](O)c1ccccc1)[C@H]1CCc2ccccc21. The minimum Gasteiger partial charge on any atom is -0.395 e. The fourth-order valence-corrected chi connectivity index (χ4v) is 3.42. The van der Waals surface area contributed by atoms with Gasteiger partial charge in [0.25, 0.3) is 0 Å². The number of rotatable bonds is 6. The van der Waals surface area contributed by atoms with Crippen molar-refractivity contribution < 1.29 is 10.2 Å². The molecule has 0 bridgehead atoms. The summed E-state index contributed by atoms with van der Waals surface area (Å²) in [7, 11) is 0. The van der Waals surface area contributed by atoms with Gasteiger partial charge in [0, 0.05) is 19.1 Å². The van der Waals surface area contributed by atoms with Crippen LogP contribution in [0.3, 0.4) is 0 Å². The van der Waals surface area contributed by atoms with Crippen LogP contribution in [-0.4, -0.2) is 34.8 Å². The van der Waals surface area contributed by atoms with Crippen molar-refractivity contribution in [2.24, 2.45) is 0 Å². The van der Waals surface area contributed by atoms with Crippen LogP contribution in [0.2, 0.25) is 0 Å². The largest absolute Gasteiger partial charge is 0.395 e. The topological polar surface area (TPSA) is 43.7 Å². The average Bonchev–Trinajstić information content (AvgIpc) is 2.99. The number of hydrogen-bond donors (Lipinski definition) is 2. The van der Waals surface area contributed by atoms with Gasteiger partial charge in [-0.15, -0.1) is 0 Å². The molecule has 3 rings (SSSR count). The van der Waals surface area contributed by atoms with Crippen LogP contribution in [0.25, 0.3) is 0 Å². The predicted molar refractivity (Wildman–Crippen MR) is 87.6 cm³/mol. The molecule has 0 saturated heterocycles. The summed E-state index contributed by atoms with van der Waals surface area (Å²) in [6, 6.07) is 18.5. The number of aliphatic hydroxyl groups is 2. The fraction of sp³-hybridized carbons (Fsp3) is 0.368. The molecule has 0 spiro atoms. The quantitative estimate of drug-likeness (QED) is 0.861. The number of benzene rings is 2. The van der Waals surface area contributed by atoms with E-state index in [-0.39, 0.29) is 6.61 Å². The Labute approximate surface area is 131 Å². The first-order chi connectivity index (χ1) is 10.8. The second-order valence-electron chi connectivity index (χ2n) is 5.90. The molecule has 0 fully saturated rings. The number of aliphatic hydroxyl groups excluding tert-OH is 2. The lowest BCUT2D eigenvalue weighted by atomic mass is 10.0. The van der Waals surface area contributed by atoms with Crippen molar-refractivity contribution in [3.63, 3.8) is 0 Å². The van der Waals surface area contributed by atoms with Crippen molar-refractivity contribution in [3.05, 3.63) is 71.3 Å². The zero-order chi connectivity index (χ0) is 15.4. The Morgan fingerprint density at radius 2 is 1.77 bits per heavy atom. The van der Waals surface area contributed by atoms with Gasteiger partial charge in [-0.3, -0.25) is 4.90 Å². The molecule has 22 heavy (non-hydrogen) atoms. The van der Waals surface area contributed by atoms with Crippen LogP contribution in [-0.2, 0) is 6.42 Å². The van der Waals surface area contributed by atoms with E-state index in [4.69, 9.17) is 0 Å². The van der Waals surface area contributed by atoms with Crippen LogP contribution in [0.1, 0.15) is 35.3 Å². The smallest absolute Gasteiger partial charge is 0.0917 e. The molecule has 0 unspecified atom stereocenters. The van der Waals surface area contributed by atoms with Gasteiger partial charge in [0.1, 0.15) is 0 Å². The van der Waals surface area contributed by atoms with Crippen molar-refractivity contribution in [1.82, 2.24) is 4.90 Å². The van der Waals surface area contributed by atoms with Gasteiger partial charge in [0.15, 0.2) is 0 Å². The highest BCUT2D eigenvalue weighted by Crippen LogP contribution is 2.36. The van der Waals surface area contributed by atoms with E-state index in [1.807, 2.05) is 30.3 Å². The van der Waals surface area contributed by atoms with E-state index in [0.717, 1.165) is 18.4 Å². The average molecular weight is 297 g/mol. The van der Waals surface area contributed by atoms with Gasteiger partial charge in [0.2, 0.25) is 0 Å². The number of fused-ring (bicyclic) bond motifs is 1. The highest BCUT2D eigenvalue weighted by atomic mass is 16.3. The molecule has 2 N–H and O–H groups in total. The maximum absolute atomic E-state index is 10.5. The Kier molecular flexibility index (Phi) is 4.88. The number of aryl methyl sites for hydroxylation is 1. The van der Waals surface area contributed by atoms with E-state index in [1.165, 1.54) is 11.1 Å². The molecule has 3 heteroatoms. The third-order valence-corrected chi connectivity index (χ3v) is 4.52. The first kappa shape index (κ1) is 15.2. The van der Waals surface area contributed by atoms with Gasteiger partial charge in [-0.05, 0) is 29.5 Å². The van der Waals surface area contributed by atoms with Crippen LogP contribution in [0.5, 0.6) is 0 Å². The van der Waals surface area contributed by atoms with Crippen LogP contribution in [0.4, 0.5) is 0 Å². The Balaban J connectivity index is 1.76. The predicted octanol–water partition coefficient (Wildman–Crippen LogP) is 2.70. The van der Waals surface area contributed by atoms with E-state index < -0.39 is 6.10 Å². The van der Waals surface area contributed by atoms with Crippen molar-refractivity contribution >= 4 is 0 Å². The molecule has 116 valence electrons. The Morgan fingerprint density at radius 3 is 2.55 bits per heavy atom. The molecular formula is C19H23NO2. The van der Waals surface area contributed by atoms with E-state index in [0.29, 0.717) is 19.1 Å². The second kappa shape index (κ2) is 7.05. The van der Waals surface area contributed by atoms with E-state index in [2.05, 4.69) is 29.2 Å². The van der Waals surface area contributed by atoms with Gasteiger partial charge < -0.3 is 10.2 Å².